The van der Waals surface area contributed by atoms with E-state index >= 15 is 0 Å². The molecule has 0 spiro atoms. The number of hydrogen-bond donors (Lipinski definition) is 0. The van der Waals surface area contributed by atoms with Gasteiger partial charge in [0.25, 0.3) is 0 Å². The fourth-order valence-electron chi connectivity index (χ4n) is 0.521. The summed E-state index contributed by atoms with van der Waals surface area (Å²) >= 11 is 0. The van der Waals surface area contributed by atoms with E-state index in [0.29, 0.717) is 0 Å². The van der Waals surface area contributed by atoms with Crippen molar-refractivity contribution in [3.05, 3.63) is 11.5 Å². The monoisotopic (exact) mass is 136 g/mol. The Morgan fingerprint density at radius 2 is 1.44 bits per heavy atom. The molecular formula is C5H6F2O2. The summed E-state index contributed by atoms with van der Waals surface area (Å²) in [6, 6.07) is 0. The minimum absolute atomic E-state index is 0.139. The zero-order valence-electron chi connectivity index (χ0n) is 5.07. The van der Waals surface area contributed by atoms with Gasteiger partial charge in [0.1, 0.15) is 11.5 Å². The molecule has 0 fully saturated rings. The van der Waals surface area contributed by atoms with Gasteiger partial charge in [0.2, 0.25) is 0 Å². The molecular weight excluding hydrogens is 130 g/mol. The summed E-state index contributed by atoms with van der Waals surface area (Å²) in [5, 5.41) is 0. The molecule has 0 radical (unpaired) electrons. The number of rotatable bonds is 0. The van der Waals surface area contributed by atoms with Crippen LogP contribution in [0.4, 0.5) is 8.78 Å². The Hall–Kier alpha value is -0.800. The van der Waals surface area contributed by atoms with Gasteiger partial charge in [-0.05, 0) is 13.8 Å². The van der Waals surface area contributed by atoms with Gasteiger partial charge >= 0.3 is 6.29 Å². The number of ether oxygens (including phenoxy) is 2. The highest BCUT2D eigenvalue weighted by atomic mass is 19.3. The molecule has 0 aromatic carbocycles. The van der Waals surface area contributed by atoms with Crippen LogP contribution in [0.25, 0.3) is 0 Å². The summed E-state index contributed by atoms with van der Waals surface area (Å²) < 4.78 is 31.9. The fraction of sp³-hybridized carbons (Fsp3) is 0.600. The van der Waals surface area contributed by atoms with Crippen molar-refractivity contribution < 1.29 is 18.3 Å². The maximum Gasteiger partial charge on any atom is 0.585 e. The third-order valence-corrected chi connectivity index (χ3v) is 1.04. The predicted molar refractivity (Wildman–Crippen MR) is 25.5 cm³/mol. The smallest absolute Gasteiger partial charge is 0.401 e. The van der Waals surface area contributed by atoms with Crippen LogP contribution < -0.4 is 0 Å². The van der Waals surface area contributed by atoms with Gasteiger partial charge in [0, 0.05) is 0 Å². The molecule has 2 nitrogen and oxygen atoms in total. The van der Waals surface area contributed by atoms with E-state index < -0.39 is 6.29 Å². The topological polar surface area (TPSA) is 18.5 Å². The highest BCUT2D eigenvalue weighted by Crippen LogP contribution is 2.32. The molecule has 0 N–H and O–H groups in total. The third-order valence-electron chi connectivity index (χ3n) is 1.04. The number of allylic oxidation sites excluding steroid dienone is 2. The van der Waals surface area contributed by atoms with Crippen LogP contribution >= 0.6 is 0 Å². The van der Waals surface area contributed by atoms with Crippen LogP contribution in [0.15, 0.2) is 11.5 Å². The largest absolute Gasteiger partial charge is 0.585 e. The van der Waals surface area contributed by atoms with Crippen molar-refractivity contribution in [3.8, 4) is 0 Å². The van der Waals surface area contributed by atoms with Crippen LogP contribution in [-0.2, 0) is 9.47 Å². The van der Waals surface area contributed by atoms with Gasteiger partial charge in [0.15, 0.2) is 0 Å². The van der Waals surface area contributed by atoms with Crippen LogP contribution in [0, 0.1) is 0 Å². The second-order valence-electron chi connectivity index (χ2n) is 1.78. The van der Waals surface area contributed by atoms with Gasteiger partial charge in [-0.2, -0.15) is 0 Å². The van der Waals surface area contributed by atoms with E-state index in [9.17, 15) is 8.78 Å². The molecule has 9 heavy (non-hydrogen) atoms. The molecule has 1 aliphatic rings. The molecule has 1 rings (SSSR count). The lowest BCUT2D eigenvalue weighted by atomic mass is 10.5. The SMILES string of the molecule is CC1=C(C)OC(F)(F)O1. The zero-order chi connectivity index (χ0) is 7.07. The zero-order valence-corrected chi connectivity index (χ0v) is 5.07. The molecule has 0 saturated heterocycles. The highest BCUT2D eigenvalue weighted by Gasteiger charge is 2.41. The van der Waals surface area contributed by atoms with E-state index in [4.69, 9.17) is 0 Å². The molecule has 52 valence electrons. The number of alkyl halides is 2. The average Bonchev–Trinajstić information content (AvgIpc) is 1.79. The molecule has 0 amide bonds. The van der Waals surface area contributed by atoms with Crippen LogP contribution in [0.5, 0.6) is 0 Å². The first-order chi connectivity index (χ1) is 4.01. The minimum Gasteiger partial charge on any atom is -0.401 e. The van der Waals surface area contributed by atoms with Crippen molar-refractivity contribution in [1.29, 1.82) is 0 Å². The molecule has 0 atom stereocenters. The summed E-state index contributed by atoms with van der Waals surface area (Å²) in [5.74, 6) is 0.278. The van der Waals surface area contributed by atoms with Crippen LogP contribution in [0.3, 0.4) is 0 Å². The first-order valence-corrected chi connectivity index (χ1v) is 2.44. The Kier molecular flexibility index (Phi) is 1.12. The summed E-state index contributed by atoms with van der Waals surface area (Å²) in [6.45, 7) is 2.85. The summed E-state index contributed by atoms with van der Waals surface area (Å²) in [4.78, 5) is 0. The third kappa shape index (κ3) is 1.12. The van der Waals surface area contributed by atoms with Gasteiger partial charge < -0.3 is 9.47 Å². The molecule has 1 heterocycles. The van der Waals surface area contributed by atoms with Crippen LogP contribution in [-0.4, -0.2) is 6.29 Å². The van der Waals surface area contributed by atoms with Crippen molar-refractivity contribution in [2.45, 2.75) is 20.1 Å². The van der Waals surface area contributed by atoms with E-state index in [0.717, 1.165) is 0 Å². The Balaban J connectivity index is 2.70. The standard InChI is InChI=1S/C5H6F2O2/c1-3-4(2)9-5(6,7)8-3/h1-2H3. The molecule has 0 saturated carbocycles. The second-order valence-corrected chi connectivity index (χ2v) is 1.78. The molecule has 4 heteroatoms. The van der Waals surface area contributed by atoms with E-state index in [1.165, 1.54) is 13.8 Å². The summed E-state index contributed by atoms with van der Waals surface area (Å²) in [7, 11) is 0. The molecule has 0 aromatic heterocycles. The molecule has 0 unspecified atom stereocenters. The summed E-state index contributed by atoms with van der Waals surface area (Å²) in [5.41, 5.74) is 0. The second kappa shape index (κ2) is 1.59. The van der Waals surface area contributed by atoms with Crippen molar-refractivity contribution in [1.82, 2.24) is 0 Å². The Labute approximate surface area is 51.1 Å². The normalized spacial score (nSPS) is 23.6. The lowest BCUT2D eigenvalue weighted by molar-refractivity contribution is -0.337. The van der Waals surface area contributed by atoms with Gasteiger partial charge in [-0.25, -0.2) is 0 Å². The Bertz CT molecular complexity index is 146. The van der Waals surface area contributed by atoms with Crippen molar-refractivity contribution in [2.75, 3.05) is 0 Å². The van der Waals surface area contributed by atoms with Gasteiger partial charge in [-0.1, -0.05) is 0 Å². The van der Waals surface area contributed by atoms with E-state index in [1.54, 1.807) is 0 Å². The lowest BCUT2D eigenvalue weighted by Crippen LogP contribution is -2.16. The predicted octanol–water partition coefficient (Wildman–Crippen LogP) is 1.83. The van der Waals surface area contributed by atoms with Gasteiger partial charge in [-0.3, -0.25) is 0 Å². The Morgan fingerprint density at radius 1 is 1.11 bits per heavy atom. The van der Waals surface area contributed by atoms with Crippen molar-refractivity contribution >= 4 is 0 Å². The fourth-order valence-corrected chi connectivity index (χ4v) is 0.521. The molecule has 1 aliphatic heterocycles. The Morgan fingerprint density at radius 3 is 1.56 bits per heavy atom. The average molecular weight is 136 g/mol. The van der Waals surface area contributed by atoms with Crippen LogP contribution in [0.1, 0.15) is 13.8 Å². The first-order valence-electron chi connectivity index (χ1n) is 2.44. The van der Waals surface area contributed by atoms with Gasteiger partial charge in [-0.15, -0.1) is 8.78 Å². The lowest BCUT2D eigenvalue weighted by Gasteiger charge is -2.06. The summed E-state index contributed by atoms with van der Waals surface area (Å²) in [6.07, 6.45) is -3.44. The van der Waals surface area contributed by atoms with E-state index in [1.807, 2.05) is 0 Å². The first kappa shape index (κ1) is 6.32. The van der Waals surface area contributed by atoms with Gasteiger partial charge in [0.05, 0.1) is 0 Å². The maximum absolute atomic E-state index is 12.0. The molecule has 0 aliphatic carbocycles. The van der Waals surface area contributed by atoms with Crippen LogP contribution in [0.2, 0.25) is 0 Å². The maximum atomic E-state index is 12.0. The van der Waals surface area contributed by atoms with Crippen molar-refractivity contribution in [3.63, 3.8) is 0 Å². The number of hydrogen-bond acceptors (Lipinski definition) is 2. The van der Waals surface area contributed by atoms with E-state index in [2.05, 4.69) is 9.47 Å². The molecule has 0 bridgehead atoms. The molecule has 0 aromatic rings. The van der Waals surface area contributed by atoms with Crippen molar-refractivity contribution in [2.24, 2.45) is 0 Å². The number of halogens is 2. The highest BCUT2D eigenvalue weighted by molar-refractivity contribution is 4.99. The quantitative estimate of drug-likeness (QED) is 0.505. The minimum atomic E-state index is -3.44. The van der Waals surface area contributed by atoms with E-state index in [-0.39, 0.29) is 11.5 Å².